The van der Waals surface area contributed by atoms with Gasteiger partial charge in [0, 0.05) is 12.2 Å². The molecule has 0 radical (unpaired) electrons. The van der Waals surface area contributed by atoms with Crippen molar-refractivity contribution in [1.82, 2.24) is 0 Å². The molecule has 0 bridgehead atoms. The van der Waals surface area contributed by atoms with Crippen molar-refractivity contribution in [3.63, 3.8) is 0 Å². The topological polar surface area (TPSA) is 53.7 Å². The Balaban J connectivity index is 2.22. The van der Waals surface area contributed by atoms with Crippen molar-refractivity contribution in [2.24, 2.45) is 0 Å². The zero-order valence-corrected chi connectivity index (χ0v) is 12.0. The molecule has 0 amide bonds. The van der Waals surface area contributed by atoms with Crippen molar-refractivity contribution in [2.45, 2.75) is 27.3 Å². The van der Waals surface area contributed by atoms with Gasteiger partial charge in [-0.05, 0) is 44.5 Å². The molecule has 2 rings (SSSR count). The fourth-order valence-corrected chi connectivity index (χ4v) is 2.23. The summed E-state index contributed by atoms with van der Waals surface area (Å²) >= 11 is 0. The van der Waals surface area contributed by atoms with E-state index in [-0.39, 0.29) is 5.56 Å². The quantitative estimate of drug-likeness (QED) is 0.904. The van der Waals surface area contributed by atoms with Crippen molar-refractivity contribution in [1.29, 1.82) is 0 Å². The van der Waals surface area contributed by atoms with Gasteiger partial charge < -0.3 is 14.4 Å². The summed E-state index contributed by atoms with van der Waals surface area (Å²) in [6.07, 6.45) is 0. The van der Waals surface area contributed by atoms with Gasteiger partial charge in [-0.25, -0.2) is 4.79 Å². The van der Waals surface area contributed by atoms with Crippen LogP contribution in [0.15, 0.2) is 34.7 Å². The van der Waals surface area contributed by atoms with Gasteiger partial charge in [0.05, 0.1) is 6.54 Å². The minimum absolute atomic E-state index is 0.236. The third kappa shape index (κ3) is 3.02. The molecule has 0 aliphatic heterocycles. The number of carboxylic acid groups (broad SMARTS) is 1. The number of anilines is 1. The number of hydrogen-bond acceptors (Lipinski definition) is 3. The number of hydrogen-bond donors (Lipinski definition) is 1. The highest BCUT2D eigenvalue weighted by molar-refractivity contribution is 5.88. The van der Waals surface area contributed by atoms with Gasteiger partial charge in [0.25, 0.3) is 0 Å². The van der Waals surface area contributed by atoms with Gasteiger partial charge >= 0.3 is 5.97 Å². The van der Waals surface area contributed by atoms with E-state index < -0.39 is 5.97 Å². The largest absolute Gasteiger partial charge is 0.478 e. The third-order valence-corrected chi connectivity index (χ3v) is 3.29. The molecule has 20 heavy (non-hydrogen) atoms. The second kappa shape index (κ2) is 5.82. The molecule has 0 fully saturated rings. The number of nitrogens with zero attached hydrogens (tertiary/aromatic N) is 1. The lowest BCUT2D eigenvalue weighted by atomic mass is 10.2. The average Bonchev–Trinajstić information content (AvgIpc) is 2.77. The number of furan rings is 1. The lowest BCUT2D eigenvalue weighted by molar-refractivity contribution is 0.0695. The number of benzene rings is 1. The molecule has 1 heterocycles. The molecule has 0 aliphatic rings. The Bertz CT molecular complexity index is 616. The number of rotatable bonds is 5. The zero-order chi connectivity index (χ0) is 14.7. The van der Waals surface area contributed by atoms with Crippen molar-refractivity contribution < 1.29 is 14.3 Å². The van der Waals surface area contributed by atoms with Crippen molar-refractivity contribution in [2.75, 3.05) is 11.4 Å². The number of carboxylic acids is 1. The lowest BCUT2D eigenvalue weighted by Gasteiger charge is -2.22. The molecule has 0 aliphatic carbocycles. The maximum Gasteiger partial charge on any atom is 0.339 e. The van der Waals surface area contributed by atoms with Gasteiger partial charge in [-0.3, -0.25) is 0 Å². The van der Waals surface area contributed by atoms with Crippen LogP contribution in [0.25, 0.3) is 0 Å². The van der Waals surface area contributed by atoms with E-state index in [1.165, 1.54) is 5.56 Å². The fourth-order valence-electron chi connectivity index (χ4n) is 2.23. The molecule has 106 valence electrons. The molecule has 0 spiro atoms. The standard InChI is InChI=1S/C16H19NO3/c1-4-17(13-7-5-6-11(2)8-13)10-14-9-15(16(18)19)12(3)20-14/h5-9H,4,10H2,1-3H3,(H,18,19). The van der Waals surface area contributed by atoms with Crippen molar-refractivity contribution >= 4 is 11.7 Å². The molecule has 2 aromatic rings. The van der Waals surface area contributed by atoms with E-state index in [1.54, 1.807) is 13.0 Å². The van der Waals surface area contributed by atoms with Crippen LogP contribution >= 0.6 is 0 Å². The molecule has 1 aromatic heterocycles. The smallest absolute Gasteiger partial charge is 0.339 e. The Kier molecular flexibility index (Phi) is 4.13. The summed E-state index contributed by atoms with van der Waals surface area (Å²) in [5, 5.41) is 9.05. The summed E-state index contributed by atoms with van der Waals surface area (Å²) in [5.41, 5.74) is 2.54. The predicted molar refractivity (Wildman–Crippen MR) is 78.3 cm³/mol. The second-order valence-corrected chi connectivity index (χ2v) is 4.84. The van der Waals surface area contributed by atoms with Crippen LogP contribution in [0, 0.1) is 13.8 Å². The van der Waals surface area contributed by atoms with E-state index in [9.17, 15) is 4.79 Å². The summed E-state index contributed by atoms with van der Waals surface area (Å²) in [4.78, 5) is 13.2. The van der Waals surface area contributed by atoms with E-state index >= 15 is 0 Å². The molecular weight excluding hydrogens is 254 g/mol. The third-order valence-electron chi connectivity index (χ3n) is 3.29. The first-order chi connectivity index (χ1) is 9.51. The first kappa shape index (κ1) is 14.2. The Labute approximate surface area is 118 Å². The summed E-state index contributed by atoms with van der Waals surface area (Å²) in [6.45, 7) is 7.18. The van der Waals surface area contributed by atoms with Crippen LogP contribution in [0.2, 0.25) is 0 Å². The molecule has 4 nitrogen and oxygen atoms in total. The maximum absolute atomic E-state index is 11.0. The Morgan fingerprint density at radius 2 is 2.05 bits per heavy atom. The molecule has 0 atom stereocenters. The molecule has 1 N–H and O–H groups in total. The van der Waals surface area contributed by atoms with Crippen molar-refractivity contribution in [3.8, 4) is 0 Å². The van der Waals surface area contributed by atoms with Crippen LogP contribution in [0.4, 0.5) is 5.69 Å². The van der Waals surface area contributed by atoms with Crippen LogP contribution in [-0.4, -0.2) is 17.6 Å². The van der Waals surface area contributed by atoms with Gasteiger partial charge in [-0.1, -0.05) is 12.1 Å². The monoisotopic (exact) mass is 273 g/mol. The Hall–Kier alpha value is -2.23. The normalized spacial score (nSPS) is 10.6. The first-order valence-corrected chi connectivity index (χ1v) is 6.65. The van der Waals surface area contributed by atoms with E-state index in [1.807, 2.05) is 12.1 Å². The number of carbonyl (C=O) groups is 1. The van der Waals surface area contributed by atoms with Crippen LogP contribution in [0.1, 0.15) is 34.4 Å². The van der Waals surface area contributed by atoms with Gasteiger partial charge in [0.1, 0.15) is 17.1 Å². The van der Waals surface area contributed by atoms with Gasteiger partial charge in [-0.2, -0.15) is 0 Å². The predicted octanol–water partition coefficient (Wildman–Crippen LogP) is 3.62. The molecule has 1 aromatic carbocycles. The summed E-state index contributed by atoms with van der Waals surface area (Å²) in [6, 6.07) is 9.83. The first-order valence-electron chi connectivity index (χ1n) is 6.65. The minimum atomic E-state index is -0.948. The summed E-state index contributed by atoms with van der Waals surface area (Å²) in [7, 11) is 0. The highest BCUT2D eigenvalue weighted by atomic mass is 16.4. The van der Waals surface area contributed by atoms with Gasteiger partial charge in [0.2, 0.25) is 0 Å². The molecular formula is C16H19NO3. The van der Waals surface area contributed by atoms with Crippen molar-refractivity contribution in [3.05, 3.63) is 53.0 Å². The average molecular weight is 273 g/mol. The molecule has 0 unspecified atom stereocenters. The Morgan fingerprint density at radius 3 is 2.60 bits per heavy atom. The number of aryl methyl sites for hydroxylation is 2. The van der Waals surface area contributed by atoms with Gasteiger partial charge in [0.15, 0.2) is 0 Å². The number of aromatic carboxylic acids is 1. The van der Waals surface area contributed by atoms with Gasteiger partial charge in [-0.15, -0.1) is 0 Å². The van der Waals surface area contributed by atoms with Crippen LogP contribution < -0.4 is 4.90 Å². The summed E-state index contributed by atoms with van der Waals surface area (Å²) < 4.78 is 5.54. The van der Waals surface area contributed by atoms with Crippen LogP contribution in [0.3, 0.4) is 0 Å². The molecule has 4 heteroatoms. The summed E-state index contributed by atoms with van der Waals surface area (Å²) in [5.74, 6) is 0.173. The second-order valence-electron chi connectivity index (χ2n) is 4.84. The lowest BCUT2D eigenvalue weighted by Crippen LogP contribution is -2.21. The van der Waals surface area contributed by atoms with E-state index in [0.717, 1.165) is 12.2 Å². The van der Waals surface area contributed by atoms with Crippen LogP contribution in [0.5, 0.6) is 0 Å². The fraction of sp³-hybridized carbons (Fsp3) is 0.312. The highest BCUT2D eigenvalue weighted by Gasteiger charge is 2.15. The molecule has 0 saturated heterocycles. The van der Waals surface area contributed by atoms with E-state index in [4.69, 9.17) is 9.52 Å². The van der Waals surface area contributed by atoms with Crippen LogP contribution in [-0.2, 0) is 6.54 Å². The SMILES string of the molecule is CCN(Cc1cc(C(=O)O)c(C)o1)c1cccc(C)c1. The van der Waals surface area contributed by atoms with E-state index in [2.05, 4.69) is 30.9 Å². The highest BCUT2D eigenvalue weighted by Crippen LogP contribution is 2.21. The van der Waals surface area contributed by atoms with E-state index in [0.29, 0.717) is 18.1 Å². The maximum atomic E-state index is 11.0. The Morgan fingerprint density at radius 1 is 1.30 bits per heavy atom. The molecule has 0 saturated carbocycles. The minimum Gasteiger partial charge on any atom is -0.478 e. The zero-order valence-electron chi connectivity index (χ0n) is 12.0.